The molecule has 1 fully saturated rings. The molecule has 4 rings (SSSR count). The fourth-order valence-corrected chi connectivity index (χ4v) is 5.23. The normalized spacial score (nSPS) is 16.2. The van der Waals surface area contributed by atoms with Gasteiger partial charge in [0.25, 0.3) is 0 Å². The quantitative estimate of drug-likeness (QED) is 0.399. The summed E-state index contributed by atoms with van der Waals surface area (Å²) in [4.78, 5) is 27.8. The lowest BCUT2D eigenvalue weighted by Gasteiger charge is -2.39. The molecule has 2 N–H and O–H groups in total. The minimum Gasteiger partial charge on any atom is -0.503 e. The summed E-state index contributed by atoms with van der Waals surface area (Å²) >= 11 is 6.14. The molecule has 1 aromatic heterocycles. The largest absolute Gasteiger partial charge is 0.503 e. The number of carbonyl (C=O) groups is 1. The van der Waals surface area contributed by atoms with Crippen molar-refractivity contribution < 1.29 is 18.7 Å². The van der Waals surface area contributed by atoms with Gasteiger partial charge in [-0.2, -0.15) is 4.98 Å². The van der Waals surface area contributed by atoms with Crippen LogP contribution in [0.15, 0.2) is 12.3 Å². The van der Waals surface area contributed by atoms with Crippen molar-refractivity contribution in [1.82, 2.24) is 14.9 Å². The summed E-state index contributed by atoms with van der Waals surface area (Å²) in [6.45, 7) is 8.07. The van der Waals surface area contributed by atoms with Gasteiger partial charge in [0.2, 0.25) is 5.95 Å². The number of nitrogens with one attached hydrogen (secondary N) is 1. The van der Waals surface area contributed by atoms with Crippen molar-refractivity contribution in [2.45, 2.75) is 65.0 Å². The SMILES string of the molecule is CCN(CC)CCCCNc1ncc2c(n1)N(C1CCCC1)C(=O)N(c1c(Cl)cc(F)c(O)c1F)C2. The third-order valence-corrected chi connectivity index (χ3v) is 7.28. The number of rotatable bonds is 10. The molecule has 2 heterocycles. The number of aromatic nitrogens is 2. The van der Waals surface area contributed by atoms with Crippen molar-refractivity contribution in [2.75, 3.05) is 41.3 Å². The number of hydrogen-bond donors (Lipinski definition) is 2. The molecule has 8 nitrogen and oxygen atoms in total. The van der Waals surface area contributed by atoms with Gasteiger partial charge in [0.15, 0.2) is 17.4 Å². The molecular weight excluding hydrogens is 490 g/mol. The molecular formula is C25H33ClF2N6O2. The highest BCUT2D eigenvalue weighted by atomic mass is 35.5. The molecule has 0 bridgehead atoms. The Morgan fingerprint density at radius 2 is 1.94 bits per heavy atom. The van der Waals surface area contributed by atoms with Gasteiger partial charge in [-0.15, -0.1) is 0 Å². The average Bonchev–Trinajstić information content (AvgIpc) is 3.39. The van der Waals surface area contributed by atoms with E-state index in [9.17, 15) is 18.7 Å². The fraction of sp³-hybridized carbons (Fsp3) is 0.560. The Kier molecular flexibility index (Phi) is 8.46. The summed E-state index contributed by atoms with van der Waals surface area (Å²) in [5.74, 6) is -2.70. The van der Waals surface area contributed by atoms with E-state index >= 15 is 0 Å². The van der Waals surface area contributed by atoms with Crippen LogP contribution in [0.5, 0.6) is 5.75 Å². The van der Waals surface area contributed by atoms with E-state index in [0.717, 1.165) is 69.1 Å². The molecule has 2 aromatic rings. The summed E-state index contributed by atoms with van der Waals surface area (Å²) in [6.07, 6.45) is 7.17. The average molecular weight is 523 g/mol. The lowest BCUT2D eigenvalue weighted by atomic mass is 10.1. The number of fused-ring (bicyclic) bond motifs is 1. The molecule has 1 aliphatic heterocycles. The lowest BCUT2D eigenvalue weighted by Crippen LogP contribution is -2.52. The van der Waals surface area contributed by atoms with Crippen LogP contribution in [0.25, 0.3) is 0 Å². The number of anilines is 3. The number of carbonyl (C=O) groups excluding carboxylic acids is 1. The summed E-state index contributed by atoms with van der Waals surface area (Å²) in [7, 11) is 0. The molecule has 0 atom stereocenters. The van der Waals surface area contributed by atoms with Gasteiger partial charge in [0, 0.05) is 24.3 Å². The molecule has 196 valence electrons. The first kappa shape index (κ1) is 26.3. The first-order valence-electron chi connectivity index (χ1n) is 12.6. The zero-order valence-electron chi connectivity index (χ0n) is 20.7. The van der Waals surface area contributed by atoms with Crippen molar-refractivity contribution >= 4 is 35.1 Å². The molecule has 2 amide bonds. The fourth-order valence-electron chi connectivity index (χ4n) is 4.95. The second-order valence-corrected chi connectivity index (χ2v) is 9.64. The number of aromatic hydroxyl groups is 1. The standard InChI is InChI=1S/C25H33ClF2N6O2/c1-3-32(4-2)12-8-7-11-29-24-30-14-16-15-33(21-18(26)13-19(27)22(35)20(21)28)25(36)34(23(16)31-24)17-9-5-6-10-17/h13-14,17,35H,3-12,15H2,1-2H3,(H,29,30,31). The first-order valence-corrected chi connectivity index (χ1v) is 13.0. The number of benzene rings is 1. The van der Waals surface area contributed by atoms with Crippen molar-refractivity contribution in [3.63, 3.8) is 0 Å². The van der Waals surface area contributed by atoms with E-state index in [1.807, 2.05) is 0 Å². The van der Waals surface area contributed by atoms with Crippen LogP contribution in [0.4, 0.5) is 31.0 Å². The number of urea groups is 1. The molecule has 0 saturated heterocycles. The van der Waals surface area contributed by atoms with Crippen molar-refractivity contribution in [2.24, 2.45) is 0 Å². The van der Waals surface area contributed by atoms with Crippen molar-refractivity contribution in [3.05, 3.63) is 34.5 Å². The number of hydrogen-bond acceptors (Lipinski definition) is 6. The highest BCUT2D eigenvalue weighted by Gasteiger charge is 2.40. The van der Waals surface area contributed by atoms with E-state index < -0.39 is 23.4 Å². The van der Waals surface area contributed by atoms with Gasteiger partial charge in [0.1, 0.15) is 11.5 Å². The number of nitrogens with zero attached hydrogens (tertiary/aromatic N) is 5. The van der Waals surface area contributed by atoms with Crippen LogP contribution in [0.2, 0.25) is 5.02 Å². The van der Waals surface area contributed by atoms with Crippen LogP contribution >= 0.6 is 11.6 Å². The first-order chi connectivity index (χ1) is 17.3. The lowest BCUT2D eigenvalue weighted by molar-refractivity contribution is 0.247. The third-order valence-electron chi connectivity index (χ3n) is 7.00. The second-order valence-electron chi connectivity index (χ2n) is 9.23. The van der Waals surface area contributed by atoms with Gasteiger partial charge in [-0.1, -0.05) is 38.3 Å². The highest BCUT2D eigenvalue weighted by Crippen LogP contribution is 2.42. The Bertz CT molecular complexity index is 1090. The van der Waals surface area contributed by atoms with Crippen LogP contribution in [-0.4, -0.2) is 58.2 Å². The number of phenols is 1. The number of halogens is 3. The number of unbranched alkanes of at least 4 members (excludes halogenated alkanes) is 1. The summed E-state index contributed by atoms with van der Waals surface area (Å²) in [6, 6.07) is 0.193. The predicted octanol–water partition coefficient (Wildman–Crippen LogP) is 5.54. The maximum atomic E-state index is 14.9. The van der Waals surface area contributed by atoms with E-state index in [2.05, 4.69) is 34.0 Å². The van der Waals surface area contributed by atoms with Crippen LogP contribution in [0.3, 0.4) is 0 Å². The van der Waals surface area contributed by atoms with Crippen molar-refractivity contribution in [1.29, 1.82) is 0 Å². The summed E-state index contributed by atoms with van der Waals surface area (Å²) in [5.41, 5.74) is 0.262. The maximum absolute atomic E-state index is 14.9. The second kappa shape index (κ2) is 11.6. The van der Waals surface area contributed by atoms with Gasteiger partial charge < -0.3 is 15.3 Å². The van der Waals surface area contributed by atoms with Gasteiger partial charge >= 0.3 is 6.03 Å². The summed E-state index contributed by atoms with van der Waals surface area (Å²) < 4.78 is 28.7. The molecule has 0 unspecified atom stereocenters. The molecule has 11 heteroatoms. The Labute approximate surface area is 215 Å². The topological polar surface area (TPSA) is 84.8 Å². The van der Waals surface area contributed by atoms with E-state index in [4.69, 9.17) is 11.6 Å². The predicted molar refractivity (Wildman–Crippen MR) is 137 cm³/mol. The minimum atomic E-state index is -1.27. The Hall–Kier alpha value is -2.72. The van der Waals surface area contributed by atoms with Crippen LogP contribution in [0.1, 0.15) is 57.9 Å². The Balaban J connectivity index is 1.57. The maximum Gasteiger partial charge on any atom is 0.330 e. The Morgan fingerprint density at radius 3 is 2.64 bits per heavy atom. The molecule has 1 aromatic carbocycles. The van der Waals surface area contributed by atoms with E-state index in [0.29, 0.717) is 23.9 Å². The van der Waals surface area contributed by atoms with Crippen molar-refractivity contribution in [3.8, 4) is 5.75 Å². The molecule has 1 aliphatic carbocycles. The highest BCUT2D eigenvalue weighted by molar-refractivity contribution is 6.34. The smallest absolute Gasteiger partial charge is 0.330 e. The molecule has 2 aliphatic rings. The van der Waals surface area contributed by atoms with Crippen LogP contribution < -0.4 is 15.1 Å². The van der Waals surface area contributed by atoms with Gasteiger partial charge in [-0.3, -0.25) is 9.80 Å². The van der Waals surface area contributed by atoms with E-state index in [1.54, 1.807) is 11.1 Å². The molecule has 1 saturated carbocycles. The van der Waals surface area contributed by atoms with Gasteiger partial charge in [-0.25, -0.2) is 18.6 Å². The van der Waals surface area contributed by atoms with Gasteiger partial charge in [-0.05, 0) is 51.4 Å². The molecule has 0 radical (unpaired) electrons. The van der Waals surface area contributed by atoms with Crippen LogP contribution in [-0.2, 0) is 6.54 Å². The Morgan fingerprint density at radius 1 is 1.22 bits per heavy atom. The third kappa shape index (κ3) is 5.34. The zero-order valence-corrected chi connectivity index (χ0v) is 21.5. The molecule has 36 heavy (non-hydrogen) atoms. The molecule has 0 spiro atoms. The summed E-state index contributed by atoms with van der Waals surface area (Å²) in [5, 5.41) is 12.8. The monoisotopic (exact) mass is 522 g/mol. The number of phenolic OH excluding ortho intramolecular Hbond substituents is 1. The zero-order chi connectivity index (χ0) is 25.8. The van der Waals surface area contributed by atoms with E-state index in [-0.39, 0.29) is 23.3 Å². The van der Waals surface area contributed by atoms with E-state index in [1.165, 1.54) is 0 Å². The van der Waals surface area contributed by atoms with Gasteiger partial charge in [0.05, 0.1) is 11.6 Å². The number of amides is 2. The minimum absolute atomic E-state index is 0.0523. The van der Waals surface area contributed by atoms with Crippen LogP contribution in [0, 0.1) is 11.6 Å².